The van der Waals surface area contributed by atoms with E-state index in [1.165, 1.54) is 10.4 Å². The van der Waals surface area contributed by atoms with Gasteiger partial charge >= 0.3 is 0 Å². The average Bonchev–Trinajstić information content (AvgIpc) is 3.17. The molecule has 108 valence electrons. The zero-order chi connectivity index (χ0) is 14.5. The summed E-state index contributed by atoms with van der Waals surface area (Å²) in [6.07, 6.45) is 1.07. The Morgan fingerprint density at radius 1 is 1.10 bits per heavy atom. The monoisotopic (exact) mass is 299 g/mol. The van der Waals surface area contributed by atoms with Crippen LogP contribution < -0.4 is 5.32 Å². The van der Waals surface area contributed by atoms with E-state index in [0.29, 0.717) is 18.3 Å². The highest BCUT2D eigenvalue weighted by molar-refractivity contribution is 7.10. The minimum Gasteiger partial charge on any atom is -0.419 e. The highest BCUT2D eigenvalue weighted by Gasteiger charge is 2.08. The fourth-order valence-corrected chi connectivity index (χ4v) is 3.09. The third-order valence-electron chi connectivity index (χ3n) is 3.27. The lowest BCUT2D eigenvalue weighted by molar-refractivity contribution is 0.477. The molecule has 3 aromatic rings. The van der Waals surface area contributed by atoms with Gasteiger partial charge in [0, 0.05) is 17.0 Å². The minimum absolute atomic E-state index is 0.567. The lowest BCUT2D eigenvalue weighted by Gasteiger charge is -2.02. The summed E-state index contributed by atoms with van der Waals surface area (Å²) in [5.74, 6) is 1.18. The molecule has 2 aromatic heterocycles. The maximum Gasteiger partial charge on any atom is 0.247 e. The van der Waals surface area contributed by atoms with Crippen molar-refractivity contribution in [1.29, 1.82) is 0 Å². The fraction of sp³-hybridized carbons (Fsp3) is 0.250. The maximum absolute atomic E-state index is 5.66. The van der Waals surface area contributed by atoms with Crippen LogP contribution in [0.5, 0.6) is 0 Å². The van der Waals surface area contributed by atoms with E-state index in [1.54, 1.807) is 11.3 Å². The topological polar surface area (TPSA) is 51.0 Å². The van der Waals surface area contributed by atoms with Crippen molar-refractivity contribution in [2.75, 3.05) is 0 Å². The standard InChI is InChI=1S/C16H17N3OS/c1-2-12-8-9-21-14(12)10-17-11-15-18-19-16(20-15)13-6-4-3-5-7-13/h3-9,17H,2,10-11H2,1H3. The molecule has 0 aliphatic carbocycles. The summed E-state index contributed by atoms with van der Waals surface area (Å²) in [6.45, 7) is 3.60. The molecule has 5 heteroatoms. The van der Waals surface area contributed by atoms with E-state index < -0.39 is 0 Å². The molecule has 1 aromatic carbocycles. The van der Waals surface area contributed by atoms with Crippen molar-refractivity contribution < 1.29 is 4.42 Å². The average molecular weight is 299 g/mol. The Labute approximate surface area is 127 Å². The van der Waals surface area contributed by atoms with Gasteiger partial charge in [-0.1, -0.05) is 25.1 Å². The lowest BCUT2D eigenvalue weighted by atomic mass is 10.2. The quantitative estimate of drug-likeness (QED) is 0.755. The molecule has 1 N–H and O–H groups in total. The van der Waals surface area contributed by atoms with Gasteiger partial charge < -0.3 is 9.73 Å². The Balaban J connectivity index is 1.58. The summed E-state index contributed by atoms with van der Waals surface area (Å²) in [4.78, 5) is 1.38. The van der Waals surface area contributed by atoms with Crippen molar-refractivity contribution in [2.45, 2.75) is 26.4 Å². The number of rotatable bonds is 6. The third-order valence-corrected chi connectivity index (χ3v) is 4.23. The minimum atomic E-state index is 0.567. The molecule has 3 rings (SSSR count). The van der Waals surface area contributed by atoms with Gasteiger partial charge in [-0.3, -0.25) is 0 Å². The van der Waals surface area contributed by atoms with Crippen LogP contribution in [0.25, 0.3) is 11.5 Å². The van der Waals surface area contributed by atoms with Gasteiger partial charge in [-0.2, -0.15) is 0 Å². The molecular formula is C16H17N3OS. The van der Waals surface area contributed by atoms with Gasteiger partial charge in [-0.15, -0.1) is 21.5 Å². The maximum atomic E-state index is 5.66. The summed E-state index contributed by atoms with van der Waals surface area (Å²) < 4.78 is 5.66. The third kappa shape index (κ3) is 3.37. The summed E-state index contributed by atoms with van der Waals surface area (Å²) in [6, 6.07) is 12.0. The number of aromatic nitrogens is 2. The number of aryl methyl sites for hydroxylation is 1. The van der Waals surface area contributed by atoms with Crippen LogP contribution in [0.4, 0.5) is 0 Å². The number of nitrogens with one attached hydrogen (secondary N) is 1. The highest BCUT2D eigenvalue weighted by Crippen LogP contribution is 2.18. The molecule has 2 heterocycles. The van der Waals surface area contributed by atoms with Crippen molar-refractivity contribution in [1.82, 2.24) is 15.5 Å². The summed E-state index contributed by atoms with van der Waals surface area (Å²) in [7, 11) is 0. The number of hydrogen-bond acceptors (Lipinski definition) is 5. The molecule has 0 aliphatic rings. The molecular weight excluding hydrogens is 282 g/mol. The van der Waals surface area contributed by atoms with Crippen LogP contribution in [0, 0.1) is 0 Å². The van der Waals surface area contributed by atoms with Crippen LogP contribution in [-0.2, 0) is 19.5 Å². The molecule has 0 atom stereocenters. The molecule has 0 radical (unpaired) electrons. The second-order valence-electron chi connectivity index (χ2n) is 4.69. The smallest absolute Gasteiger partial charge is 0.247 e. The van der Waals surface area contributed by atoms with Gasteiger partial charge in [0.2, 0.25) is 11.8 Å². The second kappa shape index (κ2) is 6.65. The Bertz CT molecular complexity index is 690. The predicted molar refractivity (Wildman–Crippen MR) is 84.0 cm³/mol. The first-order valence-electron chi connectivity index (χ1n) is 7.00. The Morgan fingerprint density at radius 3 is 2.76 bits per heavy atom. The molecule has 0 bridgehead atoms. The van der Waals surface area contributed by atoms with Crippen molar-refractivity contribution in [3.63, 3.8) is 0 Å². The van der Waals surface area contributed by atoms with E-state index in [4.69, 9.17) is 4.42 Å². The molecule has 0 saturated carbocycles. The Kier molecular flexibility index (Phi) is 4.43. The molecule has 0 amide bonds. The molecule has 0 saturated heterocycles. The van der Waals surface area contributed by atoms with Crippen LogP contribution in [0.2, 0.25) is 0 Å². The first kappa shape index (κ1) is 14.0. The summed E-state index contributed by atoms with van der Waals surface area (Å²) in [5.41, 5.74) is 2.35. The Morgan fingerprint density at radius 2 is 1.95 bits per heavy atom. The summed E-state index contributed by atoms with van der Waals surface area (Å²) in [5, 5.41) is 13.7. The number of nitrogens with zero attached hydrogens (tertiary/aromatic N) is 2. The van der Waals surface area contributed by atoms with Gasteiger partial charge in [-0.25, -0.2) is 0 Å². The van der Waals surface area contributed by atoms with E-state index in [-0.39, 0.29) is 0 Å². The van der Waals surface area contributed by atoms with Gasteiger partial charge in [0.15, 0.2) is 0 Å². The van der Waals surface area contributed by atoms with Crippen LogP contribution in [0.1, 0.15) is 23.3 Å². The van der Waals surface area contributed by atoms with E-state index in [2.05, 4.69) is 33.9 Å². The van der Waals surface area contributed by atoms with Gasteiger partial charge in [-0.05, 0) is 35.6 Å². The molecule has 0 aliphatic heterocycles. The first-order valence-corrected chi connectivity index (χ1v) is 7.88. The SMILES string of the molecule is CCc1ccsc1CNCc1nnc(-c2ccccc2)o1. The summed E-state index contributed by atoms with van der Waals surface area (Å²) >= 11 is 1.78. The Hall–Kier alpha value is -1.98. The molecule has 4 nitrogen and oxygen atoms in total. The highest BCUT2D eigenvalue weighted by atomic mass is 32.1. The van der Waals surface area contributed by atoms with E-state index in [1.807, 2.05) is 30.3 Å². The number of thiophene rings is 1. The molecule has 0 fully saturated rings. The number of benzene rings is 1. The predicted octanol–water partition coefficient (Wildman–Crippen LogP) is 3.65. The van der Waals surface area contributed by atoms with Gasteiger partial charge in [0.1, 0.15) is 0 Å². The second-order valence-corrected chi connectivity index (χ2v) is 5.69. The largest absolute Gasteiger partial charge is 0.419 e. The van der Waals surface area contributed by atoms with E-state index in [0.717, 1.165) is 18.5 Å². The van der Waals surface area contributed by atoms with Crippen LogP contribution in [0.3, 0.4) is 0 Å². The molecule has 0 spiro atoms. The zero-order valence-corrected chi connectivity index (χ0v) is 12.7. The van der Waals surface area contributed by atoms with Crippen LogP contribution in [-0.4, -0.2) is 10.2 Å². The van der Waals surface area contributed by atoms with Crippen LogP contribution >= 0.6 is 11.3 Å². The zero-order valence-electron chi connectivity index (χ0n) is 11.9. The lowest BCUT2D eigenvalue weighted by Crippen LogP contribution is -2.12. The van der Waals surface area contributed by atoms with Crippen LogP contribution in [0.15, 0.2) is 46.2 Å². The number of hydrogen-bond donors (Lipinski definition) is 1. The first-order chi connectivity index (χ1) is 10.4. The molecule has 0 unspecified atom stereocenters. The fourth-order valence-electron chi connectivity index (χ4n) is 2.14. The van der Waals surface area contributed by atoms with Gasteiger partial charge in [0.25, 0.3) is 0 Å². The van der Waals surface area contributed by atoms with Crippen molar-refractivity contribution in [2.24, 2.45) is 0 Å². The van der Waals surface area contributed by atoms with E-state index in [9.17, 15) is 0 Å². The van der Waals surface area contributed by atoms with Crippen molar-refractivity contribution in [3.05, 3.63) is 58.1 Å². The van der Waals surface area contributed by atoms with Crippen molar-refractivity contribution >= 4 is 11.3 Å². The van der Waals surface area contributed by atoms with E-state index >= 15 is 0 Å². The van der Waals surface area contributed by atoms with Crippen molar-refractivity contribution in [3.8, 4) is 11.5 Å². The molecule has 21 heavy (non-hydrogen) atoms. The normalized spacial score (nSPS) is 10.9. The van der Waals surface area contributed by atoms with Gasteiger partial charge in [0.05, 0.1) is 6.54 Å².